The summed E-state index contributed by atoms with van der Waals surface area (Å²) in [5.74, 6) is 1.32. The van der Waals surface area contributed by atoms with E-state index in [1.807, 2.05) is 65.9 Å². The molecule has 5 heteroatoms. The fourth-order valence-corrected chi connectivity index (χ4v) is 4.09. The van der Waals surface area contributed by atoms with Gasteiger partial charge in [-0.3, -0.25) is 4.79 Å². The first-order valence-electron chi connectivity index (χ1n) is 11.0. The van der Waals surface area contributed by atoms with Crippen molar-refractivity contribution in [3.63, 3.8) is 0 Å². The molecule has 2 aromatic heterocycles. The van der Waals surface area contributed by atoms with Gasteiger partial charge >= 0.3 is 0 Å². The summed E-state index contributed by atoms with van der Waals surface area (Å²) >= 11 is 0. The van der Waals surface area contributed by atoms with Gasteiger partial charge in [-0.25, -0.2) is 4.98 Å². The molecule has 3 aromatic rings. The van der Waals surface area contributed by atoms with E-state index in [-0.39, 0.29) is 28.9 Å². The maximum atomic E-state index is 13.3. The van der Waals surface area contributed by atoms with Crippen molar-refractivity contribution in [2.45, 2.75) is 77.7 Å². The van der Waals surface area contributed by atoms with E-state index < -0.39 is 0 Å². The second-order valence-corrected chi connectivity index (χ2v) is 10.9. The number of rotatable bonds is 4. The lowest BCUT2D eigenvalue weighted by Crippen LogP contribution is -2.20. The number of aromatic nitrogens is 2. The second kappa shape index (κ2) is 7.11. The molecule has 1 fully saturated rings. The van der Waals surface area contributed by atoms with Crippen LogP contribution in [-0.4, -0.2) is 20.4 Å². The summed E-state index contributed by atoms with van der Waals surface area (Å²) in [6.45, 7) is 12.4. The number of benzene rings is 1. The zero-order valence-corrected chi connectivity index (χ0v) is 19.4. The Morgan fingerprint density at radius 1 is 1.10 bits per heavy atom. The van der Waals surface area contributed by atoms with Crippen LogP contribution in [0.5, 0.6) is 5.75 Å². The van der Waals surface area contributed by atoms with Crippen molar-refractivity contribution in [3.05, 3.63) is 52.8 Å². The third-order valence-corrected chi connectivity index (χ3v) is 6.15. The largest absolute Gasteiger partial charge is 0.507 e. The van der Waals surface area contributed by atoms with Crippen molar-refractivity contribution in [2.24, 2.45) is 0 Å². The van der Waals surface area contributed by atoms with Gasteiger partial charge in [0.15, 0.2) is 5.78 Å². The molecule has 0 unspecified atom stereocenters. The fourth-order valence-electron chi connectivity index (χ4n) is 4.09. The number of aromatic hydroxyl groups is 1. The Kier molecular flexibility index (Phi) is 4.91. The van der Waals surface area contributed by atoms with Crippen LogP contribution in [-0.2, 0) is 17.4 Å². The number of Topliss-reactive ketones (excluding diaryl/α,β-unsaturated/α-hetero) is 1. The Hall–Kier alpha value is -2.82. The lowest BCUT2D eigenvalue weighted by molar-refractivity contribution is 0.0972. The number of phenolic OH excluding ortho intramolecular Hbond substituents is 1. The number of hydrogen-bond acceptors (Lipinski definition) is 4. The van der Waals surface area contributed by atoms with Gasteiger partial charge < -0.3 is 15.4 Å². The Balaban J connectivity index is 1.72. The summed E-state index contributed by atoms with van der Waals surface area (Å²) in [4.78, 5) is 18.1. The van der Waals surface area contributed by atoms with Crippen LogP contribution >= 0.6 is 0 Å². The minimum absolute atomic E-state index is 0.0366. The van der Waals surface area contributed by atoms with E-state index in [2.05, 4.69) is 6.07 Å². The van der Waals surface area contributed by atoms with Crippen LogP contribution in [0, 0.1) is 0 Å². The number of pyridine rings is 1. The standard InChI is InChI=1S/C26H33N3O2/c1-25(2,3)18-11-17(12-19(23(18)31)26(4,5)6)21(30)14-29-13-16-9-10-20(15-7-8-15)28-22(16)24(29)27/h9-13,15,31H,7-8,14,27H2,1-6H3. The molecule has 0 spiro atoms. The van der Waals surface area contributed by atoms with E-state index in [1.165, 1.54) is 12.8 Å². The summed E-state index contributed by atoms with van der Waals surface area (Å²) in [6, 6.07) is 7.77. The Morgan fingerprint density at radius 2 is 1.68 bits per heavy atom. The first-order chi connectivity index (χ1) is 14.4. The lowest BCUT2D eigenvalue weighted by atomic mass is 9.78. The fraction of sp³-hybridized carbons (Fsp3) is 0.462. The molecule has 1 saturated carbocycles. The molecule has 3 N–H and O–H groups in total. The smallest absolute Gasteiger partial charge is 0.182 e. The third kappa shape index (κ3) is 4.06. The van der Waals surface area contributed by atoms with Crippen molar-refractivity contribution >= 4 is 22.5 Å². The van der Waals surface area contributed by atoms with Gasteiger partial charge in [0.25, 0.3) is 0 Å². The lowest BCUT2D eigenvalue weighted by Gasteiger charge is -2.28. The number of ketones is 1. The number of nitrogens with zero attached hydrogens (tertiary/aromatic N) is 2. The van der Waals surface area contributed by atoms with Crippen LogP contribution in [0.3, 0.4) is 0 Å². The first-order valence-corrected chi connectivity index (χ1v) is 11.0. The van der Waals surface area contributed by atoms with Gasteiger partial charge in [-0.05, 0) is 47.9 Å². The molecule has 164 valence electrons. The van der Waals surface area contributed by atoms with Crippen molar-refractivity contribution in [3.8, 4) is 5.75 Å². The Labute approximate surface area is 184 Å². The minimum atomic E-state index is -0.287. The molecule has 0 atom stereocenters. The van der Waals surface area contributed by atoms with Gasteiger partial charge in [-0.1, -0.05) is 41.5 Å². The summed E-state index contributed by atoms with van der Waals surface area (Å²) in [5, 5.41) is 11.9. The van der Waals surface area contributed by atoms with E-state index in [1.54, 1.807) is 4.57 Å². The molecule has 1 aliphatic rings. The molecule has 0 radical (unpaired) electrons. The monoisotopic (exact) mass is 419 g/mol. The van der Waals surface area contributed by atoms with Crippen LogP contribution in [0.2, 0.25) is 0 Å². The summed E-state index contributed by atoms with van der Waals surface area (Å²) in [6.07, 6.45) is 4.28. The average Bonchev–Trinajstić information content (AvgIpc) is 3.46. The number of phenols is 1. The van der Waals surface area contributed by atoms with Crippen molar-refractivity contribution in [1.82, 2.24) is 9.55 Å². The summed E-state index contributed by atoms with van der Waals surface area (Å²) in [7, 11) is 0. The first kappa shape index (κ1) is 21.4. The van der Waals surface area contributed by atoms with E-state index in [9.17, 15) is 9.90 Å². The maximum Gasteiger partial charge on any atom is 0.182 e. The number of anilines is 1. The molecule has 0 saturated heterocycles. The highest BCUT2D eigenvalue weighted by Crippen LogP contribution is 2.41. The molecule has 31 heavy (non-hydrogen) atoms. The van der Waals surface area contributed by atoms with Crippen LogP contribution in [0.1, 0.15) is 87.5 Å². The van der Waals surface area contributed by atoms with Gasteiger partial charge in [0, 0.05) is 39.9 Å². The number of carbonyl (C=O) groups is 1. The minimum Gasteiger partial charge on any atom is -0.507 e. The quantitative estimate of drug-likeness (QED) is 0.533. The topological polar surface area (TPSA) is 81.1 Å². The zero-order valence-electron chi connectivity index (χ0n) is 19.4. The number of nitrogens with two attached hydrogens (primary N) is 1. The van der Waals surface area contributed by atoms with E-state index in [0.717, 1.165) is 27.7 Å². The summed E-state index contributed by atoms with van der Waals surface area (Å²) < 4.78 is 1.79. The van der Waals surface area contributed by atoms with Gasteiger partial charge in [-0.2, -0.15) is 0 Å². The van der Waals surface area contributed by atoms with Crippen molar-refractivity contribution in [2.75, 3.05) is 5.73 Å². The highest BCUT2D eigenvalue weighted by atomic mass is 16.3. The second-order valence-electron chi connectivity index (χ2n) is 10.9. The van der Waals surface area contributed by atoms with Gasteiger partial charge in [-0.15, -0.1) is 0 Å². The Morgan fingerprint density at radius 3 is 2.19 bits per heavy atom. The van der Waals surface area contributed by atoms with Gasteiger partial charge in [0.1, 0.15) is 17.1 Å². The number of fused-ring (bicyclic) bond motifs is 1. The predicted octanol–water partition coefficient (Wildman–Crippen LogP) is 5.68. The zero-order chi connectivity index (χ0) is 22.7. The number of nitrogen functional groups attached to an aromatic ring is 1. The third-order valence-electron chi connectivity index (χ3n) is 6.15. The number of hydrogen-bond donors (Lipinski definition) is 2. The number of carbonyl (C=O) groups excluding carboxylic acids is 1. The summed E-state index contributed by atoms with van der Waals surface area (Å²) in [5.41, 5.74) is 9.83. The van der Waals surface area contributed by atoms with Crippen LogP contribution in [0.4, 0.5) is 5.82 Å². The molecule has 2 heterocycles. The van der Waals surface area contributed by atoms with Gasteiger partial charge in [0.05, 0.1) is 6.54 Å². The predicted molar refractivity (Wildman–Crippen MR) is 126 cm³/mol. The van der Waals surface area contributed by atoms with Crippen molar-refractivity contribution in [1.29, 1.82) is 0 Å². The Bertz CT molecular complexity index is 1140. The highest BCUT2D eigenvalue weighted by Gasteiger charge is 2.28. The molecule has 0 bridgehead atoms. The SMILES string of the molecule is CC(C)(C)c1cc(C(=O)Cn2cc3ccc(C4CC4)nc3c2N)cc(C(C)(C)C)c1O. The molecular formula is C26H33N3O2. The normalized spacial score (nSPS) is 14.9. The molecule has 0 amide bonds. The molecule has 4 rings (SSSR count). The van der Waals surface area contributed by atoms with E-state index in [4.69, 9.17) is 10.7 Å². The molecule has 5 nitrogen and oxygen atoms in total. The molecule has 1 aliphatic carbocycles. The van der Waals surface area contributed by atoms with E-state index in [0.29, 0.717) is 17.3 Å². The van der Waals surface area contributed by atoms with Crippen molar-refractivity contribution < 1.29 is 9.90 Å². The molecule has 1 aromatic carbocycles. The highest BCUT2D eigenvalue weighted by molar-refractivity contribution is 5.98. The molecule has 0 aliphatic heterocycles. The van der Waals surface area contributed by atoms with Crippen LogP contribution < -0.4 is 5.73 Å². The van der Waals surface area contributed by atoms with Crippen LogP contribution in [0.15, 0.2) is 30.5 Å². The van der Waals surface area contributed by atoms with Crippen LogP contribution in [0.25, 0.3) is 10.9 Å². The van der Waals surface area contributed by atoms with E-state index >= 15 is 0 Å². The maximum absolute atomic E-state index is 13.3. The van der Waals surface area contributed by atoms with Gasteiger partial charge in [0.2, 0.25) is 0 Å². The average molecular weight is 420 g/mol. The molecular weight excluding hydrogens is 386 g/mol.